The van der Waals surface area contributed by atoms with Gasteiger partial charge in [0.05, 0.1) is 6.61 Å². The predicted molar refractivity (Wildman–Crippen MR) is 78.9 cm³/mol. The Kier molecular flexibility index (Phi) is 4.65. The van der Waals surface area contributed by atoms with Gasteiger partial charge in [-0.2, -0.15) is 0 Å². The summed E-state index contributed by atoms with van der Waals surface area (Å²) in [6.45, 7) is 5.05. The maximum atomic E-state index is 5.92. The minimum atomic E-state index is 0.0632. The molecule has 1 aromatic rings. The van der Waals surface area contributed by atoms with Crippen LogP contribution in [-0.2, 0) is 4.74 Å². The molecule has 4 heteroatoms. The van der Waals surface area contributed by atoms with Crippen LogP contribution in [0.25, 0.3) is 0 Å². The highest BCUT2D eigenvalue weighted by atomic mass is 79.9. The van der Waals surface area contributed by atoms with Gasteiger partial charge in [-0.1, -0.05) is 22.0 Å². The summed E-state index contributed by atoms with van der Waals surface area (Å²) in [5.74, 6) is 0.655. The van der Waals surface area contributed by atoms with E-state index >= 15 is 0 Å². The third-order valence-electron chi connectivity index (χ3n) is 3.53. The van der Waals surface area contributed by atoms with Crippen molar-refractivity contribution < 1.29 is 4.74 Å². The molecule has 1 aromatic carbocycles. The van der Waals surface area contributed by atoms with E-state index in [1.54, 1.807) is 7.11 Å². The van der Waals surface area contributed by atoms with E-state index < -0.39 is 0 Å². The highest BCUT2D eigenvalue weighted by molar-refractivity contribution is 9.10. The molecule has 100 valence electrons. The van der Waals surface area contributed by atoms with Crippen LogP contribution in [0.5, 0.6) is 0 Å². The van der Waals surface area contributed by atoms with Crippen molar-refractivity contribution in [3.63, 3.8) is 0 Å². The second-order valence-electron chi connectivity index (χ2n) is 5.05. The fraction of sp³-hybridized carbons (Fsp3) is 0.571. The summed E-state index contributed by atoms with van der Waals surface area (Å²) in [5, 5.41) is 0. The van der Waals surface area contributed by atoms with Crippen LogP contribution in [0.3, 0.4) is 0 Å². The Hall–Kier alpha value is -0.580. The lowest BCUT2D eigenvalue weighted by Crippen LogP contribution is -2.21. The molecule has 3 nitrogen and oxygen atoms in total. The average molecular weight is 313 g/mol. The molecule has 1 unspecified atom stereocenters. The van der Waals surface area contributed by atoms with Gasteiger partial charge in [0.1, 0.15) is 0 Å². The topological polar surface area (TPSA) is 38.5 Å². The van der Waals surface area contributed by atoms with Crippen LogP contribution in [0.15, 0.2) is 22.7 Å². The van der Waals surface area contributed by atoms with Crippen molar-refractivity contribution >= 4 is 21.6 Å². The number of hydrogen-bond donors (Lipinski definition) is 1. The number of rotatable bonds is 4. The lowest BCUT2D eigenvalue weighted by molar-refractivity contribution is 0.161. The molecule has 1 aliphatic rings. The van der Waals surface area contributed by atoms with Crippen LogP contribution >= 0.6 is 15.9 Å². The molecule has 0 saturated carbocycles. The van der Waals surface area contributed by atoms with Crippen molar-refractivity contribution in [3.8, 4) is 0 Å². The first kappa shape index (κ1) is 13.8. The molecule has 1 fully saturated rings. The highest BCUT2D eigenvalue weighted by Gasteiger charge is 2.23. The number of ether oxygens (including phenoxy) is 1. The number of nitrogens with two attached hydrogens (primary N) is 1. The largest absolute Gasteiger partial charge is 0.384 e. The summed E-state index contributed by atoms with van der Waals surface area (Å²) in [6.07, 6.45) is 1.21. The molecule has 0 amide bonds. The Bertz CT molecular complexity index is 409. The van der Waals surface area contributed by atoms with Crippen LogP contribution < -0.4 is 10.6 Å². The van der Waals surface area contributed by atoms with Crippen molar-refractivity contribution in [2.75, 3.05) is 31.7 Å². The van der Waals surface area contributed by atoms with E-state index in [9.17, 15) is 0 Å². The first-order valence-electron chi connectivity index (χ1n) is 6.40. The molecule has 1 heterocycles. The molecule has 2 rings (SSSR count). The second-order valence-corrected chi connectivity index (χ2v) is 5.90. The second kappa shape index (κ2) is 6.04. The van der Waals surface area contributed by atoms with Crippen LogP contribution in [0.2, 0.25) is 0 Å². The molecular formula is C14H21BrN2O. The first-order valence-corrected chi connectivity index (χ1v) is 7.20. The fourth-order valence-corrected chi connectivity index (χ4v) is 3.25. The zero-order valence-corrected chi connectivity index (χ0v) is 12.6. The number of benzene rings is 1. The van der Waals surface area contributed by atoms with Crippen molar-refractivity contribution in [3.05, 3.63) is 28.2 Å². The summed E-state index contributed by atoms with van der Waals surface area (Å²) in [6, 6.07) is 6.52. The van der Waals surface area contributed by atoms with E-state index in [1.807, 2.05) is 6.92 Å². The average Bonchev–Trinajstić information content (AvgIpc) is 2.77. The lowest BCUT2D eigenvalue weighted by atomic mass is 10.1. The van der Waals surface area contributed by atoms with E-state index in [-0.39, 0.29) is 6.04 Å². The summed E-state index contributed by atoms with van der Waals surface area (Å²) in [5.41, 5.74) is 8.35. The van der Waals surface area contributed by atoms with Crippen LogP contribution in [0.4, 0.5) is 5.69 Å². The van der Waals surface area contributed by atoms with Crippen molar-refractivity contribution in [1.29, 1.82) is 0 Å². The van der Waals surface area contributed by atoms with Crippen LogP contribution in [0.1, 0.15) is 24.9 Å². The Morgan fingerprint density at radius 3 is 2.94 bits per heavy atom. The number of halogens is 1. The van der Waals surface area contributed by atoms with Gasteiger partial charge in [0, 0.05) is 42.3 Å². The first-order chi connectivity index (χ1) is 8.61. The minimum Gasteiger partial charge on any atom is -0.384 e. The summed E-state index contributed by atoms with van der Waals surface area (Å²) in [7, 11) is 1.77. The predicted octanol–water partition coefficient (Wildman–Crippen LogP) is 2.94. The molecule has 1 saturated heterocycles. The van der Waals surface area contributed by atoms with E-state index in [4.69, 9.17) is 10.5 Å². The molecule has 2 atom stereocenters. The number of anilines is 1. The van der Waals surface area contributed by atoms with Crippen molar-refractivity contribution in [2.45, 2.75) is 19.4 Å². The summed E-state index contributed by atoms with van der Waals surface area (Å²) < 4.78 is 6.33. The Labute approximate surface area is 117 Å². The minimum absolute atomic E-state index is 0.0632. The highest BCUT2D eigenvalue weighted by Crippen LogP contribution is 2.30. The van der Waals surface area contributed by atoms with E-state index in [1.165, 1.54) is 12.1 Å². The zero-order valence-electron chi connectivity index (χ0n) is 11.0. The lowest BCUT2D eigenvalue weighted by Gasteiger charge is -2.20. The van der Waals surface area contributed by atoms with Gasteiger partial charge in [-0.15, -0.1) is 0 Å². The van der Waals surface area contributed by atoms with Crippen molar-refractivity contribution in [1.82, 2.24) is 0 Å². The van der Waals surface area contributed by atoms with Crippen molar-refractivity contribution in [2.24, 2.45) is 11.7 Å². The molecule has 0 spiro atoms. The van der Waals surface area contributed by atoms with Gasteiger partial charge in [-0.3, -0.25) is 0 Å². The summed E-state index contributed by atoms with van der Waals surface area (Å²) in [4.78, 5) is 2.42. The fourth-order valence-electron chi connectivity index (χ4n) is 2.52. The van der Waals surface area contributed by atoms with E-state index in [0.29, 0.717) is 5.92 Å². The van der Waals surface area contributed by atoms with E-state index in [2.05, 4.69) is 39.0 Å². The van der Waals surface area contributed by atoms with Gasteiger partial charge in [-0.05, 0) is 31.0 Å². The SMILES string of the molecule is COCC1CCN(c2ccc([C@@H](C)N)c(Br)c2)C1. The number of hydrogen-bond acceptors (Lipinski definition) is 3. The summed E-state index contributed by atoms with van der Waals surface area (Å²) >= 11 is 3.61. The molecule has 1 aliphatic heterocycles. The van der Waals surface area contributed by atoms with Gasteiger partial charge in [0.25, 0.3) is 0 Å². The van der Waals surface area contributed by atoms with E-state index in [0.717, 1.165) is 29.7 Å². The third-order valence-corrected chi connectivity index (χ3v) is 4.21. The normalized spacial score (nSPS) is 21.3. The molecule has 0 radical (unpaired) electrons. The van der Waals surface area contributed by atoms with Gasteiger partial charge in [0.2, 0.25) is 0 Å². The monoisotopic (exact) mass is 312 g/mol. The maximum Gasteiger partial charge on any atom is 0.0508 e. The molecule has 0 aromatic heterocycles. The Morgan fingerprint density at radius 2 is 2.33 bits per heavy atom. The Morgan fingerprint density at radius 1 is 1.56 bits per heavy atom. The van der Waals surface area contributed by atoms with Gasteiger partial charge < -0.3 is 15.4 Å². The maximum absolute atomic E-state index is 5.92. The molecular weight excluding hydrogens is 292 g/mol. The quantitative estimate of drug-likeness (QED) is 0.929. The zero-order chi connectivity index (χ0) is 13.1. The number of methoxy groups -OCH3 is 1. The number of nitrogens with zero attached hydrogens (tertiary/aromatic N) is 1. The molecule has 18 heavy (non-hydrogen) atoms. The van der Waals surface area contributed by atoms with Gasteiger partial charge >= 0.3 is 0 Å². The smallest absolute Gasteiger partial charge is 0.0508 e. The van der Waals surface area contributed by atoms with Gasteiger partial charge in [0.15, 0.2) is 0 Å². The third kappa shape index (κ3) is 3.05. The van der Waals surface area contributed by atoms with Crippen LogP contribution in [0, 0.1) is 5.92 Å². The Balaban J connectivity index is 2.09. The molecule has 0 aliphatic carbocycles. The molecule has 2 N–H and O–H groups in total. The molecule has 0 bridgehead atoms. The van der Waals surface area contributed by atoms with Gasteiger partial charge in [-0.25, -0.2) is 0 Å². The standard InChI is InChI=1S/C14H21BrN2O/c1-10(16)13-4-3-12(7-14(13)15)17-6-5-11(8-17)9-18-2/h3-4,7,10-11H,5-6,8-9,16H2,1-2H3/t10-,11?/m1/s1. The van der Waals surface area contributed by atoms with Crippen LogP contribution in [-0.4, -0.2) is 26.8 Å².